The highest BCUT2D eigenvalue weighted by Gasteiger charge is 2.39. The third-order valence-electron chi connectivity index (χ3n) is 3.98. The van der Waals surface area contributed by atoms with E-state index < -0.39 is 5.60 Å². The second-order valence-electron chi connectivity index (χ2n) is 7.35. The van der Waals surface area contributed by atoms with Crippen LogP contribution in [0.5, 0.6) is 0 Å². The molecule has 1 aromatic rings. The lowest BCUT2D eigenvalue weighted by Crippen LogP contribution is -2.51. The molecule has 1 aliphatic rings. The van der Waals surface area contributed by atoms with E-state index in [4.69, 9.17) is 4.74 Å². The standard InChI is InChI=1S/C19H28N2O2/c1-5-11-19(20-17(22)23-18(2,3)4)12-13-21(15-19)14-16-9-7-6-8-10-16/h5-10H,1,11-15H2,2-4H3,(H,20,22)/t19-/m0/s1. The molecule has 1 heterocycles. The first-order valence-electron chi connectivity index (χ1n) is 8.20. The fraction of sp³-hybridized carbons (Fsp3) is 0.526. The van der Waals surface area contributed by atoms with Gasteiger partial charge in [0.25, 0.3) is 0 Å². The molecule has 23 heavy (non-hydrogen) atoms. The summed E-state index contributed by atoms with van der Waals surface area (Å²) in [5.41, 5.74) is 0.528. The Bertz CT molecular complexity index is 536. The van der Waals surface area contributed by atoms with Crippen LogP contribution in [0.25, 0.3) is 0 Å². The number of nitrogens with zero attached hydrogens (tertiary/aromatic N) is 1. The summed E-state index contributed by atoms with van der Waals surface area (Å²) < 4.78 is 5.42. The minimum atomic E-state index is -0.484. The van der Waals surface area contributed by atoms with Gasteiger partial charge in [0.15, 0.2) is 0 Å². The van der Waals surface area contributed by atoms with Crippen LogP contribution in [0.15, 0.2) is 43.0 Å². The Balaban J connectivity index is 1.99. The molecule has 1 amide bonds. The number of alkyl carbamates (subject to hydrolysis) is 1. The number of rotatable bonds is 5. The Morgan fingerprint density at radius 3 is 2.70 bits per heavy atom. The van der Waals surface area contributed by atoms with Crippen LogP contribution in [0.4, 0.5) is 4.79 Å². The maximum Gasteiger partial charge on any atom is 0.408 e. The summed E-state index contributed by atoms with van der Waals surface area (Å²) in [4.78, 5) is 14.5. The summed E-state index contributed by atoms with van der Waals surface area (Å²) in [6, 6.07) is 10.4. The number of ether oxygens (including phenoxy) is 1. The number of amides is 1. The highest BCUT2D eigenvalue weighted by atomic mass is 16.6. The first kappa shape index (κ1) is 17.5. The first-order chi connectivity index (χ1) is 10.8. The normalized spacial score (nSPS) is 21.9. The molecule has 1 atom stereocenters. The molecule has 0 spiro atoms. The van der Waals surface area contributed by atoms with Crippen molar-refractivity contribution in [3.05, 3.63) is 48.6 Å². The summed E-state index contributed by atoms with van der Waals surface area (Å²) in [6.07, 6.45) is 3.19. The van der Waals surface area contributed by atoms with Crippen molar-refractivity contribution in [2.75, 3.05) is 13.1 Å². The van der Waals surface area contributed by atoms with Crippen molar-refractivity contribution in [3.8, 4) is 0 Å². The molecule has 1 aromatic carbocycles. The molecule has 1 aliphatic heterocycles. The van der Waals surface area contributed by atoms with Gasteiger partial charge in [-0.25, -0.2) is 4.79 Å². The Kier molecular flexibility index (Phi) is 5.47. The highest BCUT2D eigenvalue weighted by Crippen LogP contribution is 2.27. The van der Waals surface area contributed by atoms with Gasteiger partial charge in [0.1, 0.15) is 5.60 Å². The van der Waals surface area contributed by atoms with Gasteiger partial charge in [0.2, 0.25) is 0 Å². The molecule has 0 bridgehead atoms. The van der Waals surface area contributed by atoms with Crippen molar-refractivity contribution < 1.29 is 9.53 Å². The van der Waals surface area contributed by atoms with Crippen molar-refractivity contribution >= 4 is 6.09 Å². The second-order valence-corrected chi connectivity index (χ2v) is 7.35. The summed E-state index contributed by atoms with van der Waals surface area (Å²) in [7, 11) is 0. The monoisotopic (exact) mass is 316 g/mol. The summed E-state index contributed by atoms with van der Waals surface area (Å²) in [5.74, 6) is 0. The Labute approximate surface area is 139 Å². The zero-order chi connectivity index (χ0) is 16.9. The van der Waals surface area contributed by atoms with Crippen LogP contribution in [0, 0.1) is 0 Å². The molecule has 4 nitrogen and oxygen atoms in total. The minimum Gasteiger partial charge on any atom is -0.444 e. The molecule has 2 rings (SSSR count). The Morgan fingerprint density at radius 1 is 1.39 bits per heavy atom. The van der Waals surface area contributed by atoms with Gasteiger partial charge in [-0.3, -0.25) is 4.90 Å². The van der Waals surface area contributed by atoms with Gasteiger partial charge in [0, 0.05) is 19.6 Å². The fourth-order valence-corrected chi connectivity index (χ4v) is 3.05. The third-order valence-corrected chi connectivity index (χ3v) is 3.98. The van der Waals surface area contributed by atoms with Gasteiger partial charge in [-0.05, 0) is 39.2 Å². The van der Waals surface area contributed by atoms with Gasteiger partial charge >= 0.3 is 6.09 Å². The number of hydrogen-bond donors (Lipinski definition) is 1. The number of hydrogen-bond acceptors (Lipinski definition) is 3. The Morgan fingerprint density at radius 2 is 2.09 bits per heavy atom. The van der Waals surface area contributed by atoms with Crippen LogP contribution in [0.3, 0.4) is 0 Å². The largest absolute Gasteiger partial charge is 0.444 e. The maximum absolute atomic E-state index is 12.2. The number of likely N-dealkylation sites (tertiary alicyclic amines) is 1. The lowest BCUT2D eigenvalue weighted by atomic mass is 9.94. The first-order valence-corrected chi connectivity index (χ1v) is 8.20. The van der Waals surface area contributed by atoms with Crippen LogP contribution < -0.4 is 5.32 Å². The molecule has 0 aromatic heterocycles. The molecule has 1 saturated heterocycles. The van der Waals surface area contributed by atoms with Crippen molar-refractivity contribution in [3.63, 3.8) is 0 Å². The lowest BCUT2D eigenvalue weighted by molar-refractivity contribution is 0.0458. The van der Waals surface area contributed by atoms with Crippen molar-refractivity contribution in [2.24, 2.45) is 0 Å². The maximum atomic E-state index is 12.2. The van der Waals surface area contributed by atoms with E-state index in [1.54, 1.807) is 0 Å². The van der Waals surface area contributed by atoms with Crippen LogP contribution in [0.1, 0.15) is 39.2 Å². The van der Waals surface area contributed by atoms with Crippen molar-refractivity contribution in [2.45, 2.75) is 51.3 Å². The Hall–Kier alpha value is -1.81. The minimum absolute atomic E-state index is 0.279. The predicted octanol–water partition coefficient (Wildman–Crippen LogP) is 3.73. The smallest absolute Gasteiger partial charge is 0.408 e. The molecule has 0 aliphatic carbocycles. The lowest BCUT2D eigenvalue weighted by Gasteiger charge is -2.31. The van der Waals surface area contributed by atoms with Crippen molar-refractivity contribution in [1.82, 2.24) is 10.2 Å². The fourth-order valence-electron chi connectivity index (χ4n) is 3.05. The van der Waals surface area contributed by atoms with E-state index in [1.807, 2.05) is 32.9 Å². The molecule has 4 heteroatoms. The van der Waals surface area contributed by atoms with Gasteiger partial charge in [0.05, 0.1) is 5.54 Å². The molecule has 1 fully saturated rings. The van der Waals surface area contributed by atoms with Gasteiger partial charge in [-0.15, -0.1) is 6.58 Å². The number of carbonyl (C=O) groups excluding carboxylic acids is 1. The zero-order valence-corrected chi connectivity index (χ0v) is 14.5. The van der Waals surface area contributed by atoms with Crippen molar-refractivity contribution in [1.29, 1.82) is 0 Å². The average molecular weight is 316 g/mol. The van der Waals surface area contributed by atoms with E-state index in [9.17, 15) is 4.79 Å². The molecule has 0 unspecified atom stereocenters. The topological polar surface area (TPSA) is 41.6 Å². The average Bonchev–Trinajstić information content (AvgIpc) is 2.80. The molecule has 0 radical (unpaired) electrons. The third kappa shape index (κ3) is 5.39. The predicted molar refractivity (Wildman–Crippen MR) is 93.3 cm³/mol. The highest BCUT2D eigenvalue weighted by molar-refractivity contribution is 5.69. The van der Waals surface area contributed by atoms with Crippen LogP contribution in [0.2, 0.25) is 0 Å². The SMILES string of the molecule is C=CC[C@]1(NC(=O)OC(C)(C)C)CCN(Cc2ccccc2)C1. The molecular weight excluding hydrogens is 288 g/mol. The van der Waals surface area contributed by atoms with Crippen LogP contribution >= 0.6 is 0 Å². The second kappa shape index (κ2) is 7.18. The molecule has 1 N–H and O–H groups in total. The number of benzene rings is 1. The van der Waals surface area contributed by atoms with E-state index in [0.29, 0.717) is 0 Å². The van der Waals surface area contributed by atoms with Crippen LogP contribution in [-0.4, -0.2) is 35.2 Å². The number of carbonyl (C=O) groups is 1. The van der Waals surface area contributed by atoms with Gasteiger partial charge < -0.3 is 10.1 Å². The van der Waals surface area contributed by atoms with Gasteiger partial charge in [-0.1, -0.05) is 36.4 Å². The van der Waals surface area contributed by atoms with Crippen LogP contribution in [-0.2, 0) is 11.3 Å². The summed E-state index contributed by atoms with van der Waals surface area (Å²) in [5, 5.41) is 3.09. The van der Waals surface area contributed by atoms with Gasteiger partial charge in [-0.2, -0.15) is 0 Å². The summed E-state index contributed by atoms with van der Waals surface area (Å²) in [6.45, 7) is 12.2. The molecular formula is C19H28N2O2. The van der Waals surface area contributed by atoms with E-state index in [-0.39, 0.29) is 11.6 Å². The molecule has 0 saturated carbocycles. The van der Waals surface area contributed by atoms with E-state index >= 15 is 0 Å². The summed E-state index contributed by atoms with van der Waals surface area (Å²) >= 11 is 0. The molecule has 126 valence electrons. The quantitative estimate of drug-likeness (QED) is 0.842. The number of nitrogens with one attached hydrogen (secondary N) is 1. The zero-order valence-electron chi connectivity index (χ0n) is 14.5. The van der Waals surface area contributed by atoms with E-state index in [1.165, 1.54) is 5.56 Å². The van der Waals surface area contributed by atoms with E-state index in [2.05, 4.69) is 41.1 Å². The van der Waals surface area contributed by atoms with E-state index in [0.717, 1.165) is 32.5 Å².